The van der Waals surface area contributed by atoms with E-state index in [-0.39, 0.29) is 36.9 Å². The fourth-order valence-corrected chi connectivity index (χ4v) is 4.71. The molecule has 0 saturated heterocycles. The topological polar surface area (TPSA) is 72.5 Å². The third-order valence-electron chi connectivity index (χ3n) is 2.48. The summed E-state index contributed by atoms with van der Waals surface area (Å²) in [5, 5.41) is 0. The summed E-state index contributed by atoms with van der Waals surface area (Å²) >= 11 is 5.37. The van der Waals surface area contributed by atoms with Crippen LogP contribution in [0.4, 0.5) is 0 Å². The van der Waals surface area contributed by atoms with Crippen molar-refractivity contribution in [2.24, 2.45) is 23.7 Å². The second-order valence-electron chi connectivity index (χ2n) is 7.80. The maximum atomic E-state index is 12.8. The fraction of sp³-hybridized carbons (Fsp3) is 1.00. The number of hydrogen-bond donors (Lipinski definition) is 0. The first kappa shape index (κ1) is 26.6. The first-order valence-electron chi connectivity index (χ1n) is 9.03. The highest BCUT2D eigenvalue weighted by Crippen LogP contribution is 2.58. The molecular formula is C16H36O7P2S. The van der Waals surface area contributed by atoms with Gasteiger partial charge in [0.1, 0.15) is 0 Å². The highest BCUT2D eigenvalue weighted by atomic mass is 32.5. The van der Waals surface area contributed by atoms with Crippen molar-refractivity contribution >= 4 is 26.3 Å². The van der Waals surface area contributed by atoms with Crippen LogP contribution in [0.15, 0.2) is 0 Å². The van der Waals surface area contributed by atoms with Crippen molar-refractivity contribution in [3.8, 4) is 0 Å². The molecule has 0 aromatic carbocycles. The molecule has 0 aliphatic carbocycles. The third kappa shape index (κ3) is 13.8. The Labute approximate surface area is 164 Å². The van der Waals surface area contributed by atoms with Gasteiger partial charge in [0.25, 0.3) is 0 Å². The van der Waals surface area contributed by atoms with Gasteiger partial charge in [0.15, 0.2) is 0 Å². The lowest BCUT2D eigenvalue weighted by atomic mass is 10.2. The van der Waals surface area contributed by atoms with E-state index in [1.807, 2.05) is 55.4 Å². The SMILES string of the molecule is CC(C)COP(=O)(OCC(C)C)OOP(=S)(OCC(C)C)OCC(C)C. The lowest BCUT2D eigenvalue weighted by molar-refractivity contribution is -0.150. The average Bonchev–Trinajstić information content (AvgIpc) is 2.53. The molecule has 0 N–H and O–H groups in total. The average molecular weight is 434 g/mol. The standard InChI is InChI=1S/C16H36O7P2S/c1-13(2)9-18-24(17,19-10-14(3)4)22-23-25(26,20-11-15(5)6)21-12-16(7)8/h13-16H,9-12H2,1-8H3. The Bertz CT molecular complexity index is 396. The van der Waals surface area contributed by atoms with Crippen molar-refractivity contribution in [3.63, 3.8) is 0 Å². The van der Waals surface area contributed by atoms with Crippen molar-refractivity contribution in [1.82, 2.24) is 0 Å². The van der Waals surface area contributed by atoms with Gasteiger partial charge in [-0.15, -0.1) is 9.35 Å². The molecule has 0 atom stereocenters. The van der Waals surface area contributed by atoms with Crippen LogP contribution in [0.1, 0.15) is 55.4 Å². The zero-order chi connectivity index (χ0) is 20.4. The highest BCUT2D eigenvalue weighted by Gasteiger charge is 2.34. The predicted molar refractivity (Wildman–Crippen MR) is 107 cm³/mol. The molecule has 158 valence electrons. The van der Waals surface area contributed by atoms with E-state index in [0.29, 0.717) is 13.2 Å². The Balaban J connectivity index is 5.03. The van der Waals surface area contributed by atoms with E-state index >= 15 is 0 Å². The molecule has 26 heavy (non-hydrogen) atoms. The van der Waals surface area contributed by atoms with Crippen molar-refractivity contribution in [2.45, 2.75) is 55.4 Å². The molecule has 0 aromatic heterocycles. The molecule has 0 fully saturated rings. The van der Waals surface area contributed by atoms with Crippen LogP contribution in [0.5, 0.6) is 0 Å². The molecule has 0 unspecified atom stereocenters. The third-order valence-corrected chi connectivity index (χ3v) is 5.79. The zero-order valence-corrected chi connectivity index (χ0v) is 19.9. The molecule has 0 rings (SSSR count). The normalized spacial score (nSPS) is 13.5. The molecule has 0 bridgehead atoms. The first-order chi connectivity index (χ1) is 11.9. The van der Waals surface area contributed by atoms with Crippen LogP contribution in [0, 0.1) is 23.7 Å². The highest BCUT2D eigenvalue weighted by molar-refractivity contribution is 8.07. The number of hydrogen-bond acceptors (Lipinski definition) is 8. The molecule has 0 aliphatic rings. The van der Waals surface area contributed by atoms with Gasteiger partial charge in [-0.2, -0.15) is 0 Å². The number of phosphoric ester groups is 1. The van der Waals surface area contributed by atoms with E-state index in [0.717, 1.165) is 0 Å². The summed E-state index contributed by atoms with van der Waals surface area (Å²) in [7, 11) is -3.94. The maximum absolute atomic E-state index is 12.8. The van der Waals surface area contributed by atoms with Gasteiger partial charge >= 0.3 is 14.5 Å². The minimum absolute atomic E-state index is 0.145. The number of phosphoric acid groups is 1. The van der Waals surface area contributed by atoms with Gasteiger partial charge in [-0.25, -0.2) is 4.57 Å². The van der Waals surface area contributed by atoms with Gasteiger partial charge in [-0.3, -0.25) is 9.05 Å². The predicted octanol–water partition coefficient (Wildman–Crippen LogP) is 5.96. The minimum Gasteiger partial charge on any atom is -0.307 e. The fourth-order valence-electron chi connectivity index (χ4n) is 1.20. The van der Waals surface area contributed by atoms with Gasteiger partial charge in [-0.1, -0.05) is 55.4 Å². The lowest BCUT2D eigenvalue weighted by Gasteiger charge is -2.25. The molecule has 0 amide bonds. The van der Waals surface area contributed by atoms with Crippen LogP contribution in [-0.2, 0) is 43.8 Å². The molecule has 0 heterocycles. The van der Waals surface area contributed by atoms with Crippen molar-refractivity contribution in [3.05, 3.63) is 0 Å². The Morgan fingerprint density at radius 2 is 0.923 bits per heavy atom. The van der Waals surface area contributed by atoms with Gasteiger partial charge in [0, 0.05) is 0 Å². The Morgan fingerprint density at radius 3 is 1.23 bits per heavy atom. The summed E-state index contributed by atoms with van der Waals surface area (Å²) in [5.41, 5.74) is 0. The minimum atomic E-state index is -3.94. The van der Waals surface area contributed by atoms with Gasteiger partial charge in [0.05, 0.1) is 26.4 Å². The van der Waals surface area contributed by atoms with E-state index < -0.39 is 14.5 Å². The largest absolute Gasteiger partial charge is 0.502 e. The van der Waals surface area contributed by atoms with Crippen LogP contribution in [0.25, 0.3) is 0 Å². The molecule has 0 aromatic rings. The maximum Gasteiger partial charge on any atom is 0.502 e. The van der Waals surface area contributed by atoms with Gasteiger partial charge in [0.2, 0.25) is 0 Å². The summed E-state index contributed by atoms with van der Waals surface area (Å²) in [5.74, 6) is 0.744. The molecule has 7 nitrogen and oxygen atoms in total. The summed E-state index contributed by atoms with van der Waals surface area (Å²) in [4.78, 5) is 0. The van der Waals surface area contributed by atoms with Gasteiger partial charge < -0.3 is 9.05 Å². The summed E-state index contributed by atoms with van der Waals surface area (Å²) in [6.07, 6.45) is 0. The summed E-state index contributed by atoms with van der Waals surface area (Å²) < 4.78 is 45.0. The summed E-state index contributed by atoms with van der Waals surface area (Å²) in [6.45, 7) is 13.4. The zero-order valence-electron chi connectivity index (χ0n) is 17.3. The van der Waals surface area contributed by atoms with E-state index in [2.05, 4.69) is 0 Å². The monoisotopic (exact) mass is 434 g/mol. The second kappa shape index (κ2) is 13.0. The molecule has 10 heteroatoms. The molecule has 0 radical (unpaired) electrons. The Kier molecular flexibility index (Phi) is 13.3. The van der Waals surface area contributed by atoms with E-state index in [9.17, 15) is 4.57 Å². The van der Waals surface area contributed by atoms with Crippen LogP contribution in [-0.4, -0.2) is 26.4 Å². The van der Waals surface area contributed by atoms with Crippen molar-refractivity contribution in [2.75, 3.05) is 26.4 Å². The molecule has 0 spiro atoms. The van der Waals surface area contributed by atoms with Crippen LogP contribution < -0.4 is 0 Å². The van der Waals surface area contributed by atoms with E-state index in [1.54, 1.807) is 0 Å². The lowest BCUT2D eigenvalue weighted by Crippen LogP contribution is -2.11. The second-order valence-corrected chi connectivity index (χ2v) is 12.3. The summed E-state index contributed by atoms with van der Waals surface area (Å²) in [6, 6.07) is 0. The smallest absolute Gasteiger partial charge is 0.307 e. The quantitative estimate of drug-likeness (QED) is 0.178. The van der Waals surface area contributed by atoms with Crippen molar-refractivity contribution < 1.29 is 32.0 Å². The van der Waals surface area contributed by atoms with E-state index in [1.165, 1.54) is 0 Å². The van der Waals surface area contributed by atoms with Crippen LogP contribution in [0.3, 0.4) is 0 Å². The molecular weight excluding hydrogens is 398 g/mol. The number of rotatable bonds is 15. The van der Waals surface area contributed by atoms with Gasteiger partial charge in [-0.05, 0) is 35.5 Å². The van der Waals surface area contributed by atoms with Crippen LogP contribution in [0.2, 0.25) is 0 Å². The molecule has 0 aliphatic heterocycles. The van der Waals surface area contributed by atoms with Crippen LogP contribution >= 0.6 is 14.5 Å². The first-order valence-corrected chi connectivity index (χ1v) is 13.1. The Hall–Kier alpha value is 0.640. The Morgan fingerprint density at radius 1 is 0.615 bits per heavy atom. The molecule has 0 saturated carbocycles. The van der Waals surface area contributed by atoms with E-state index in [4.69, 9.17) is 39.3 Å². The van der Waals surface area contributed by atoms with Crippen molar-refractivity contribution in [1.29, 1.82) is 0 Å².